The lowest BCUT2D eigenvalue weighted by Crippen LogP contribution is -2.55. The van der Waals surface area contributed by atoms with Crippen molar-refractivity contribution < 1.29 is 19.0 Å². The summed E-state index contributed by atoms with van der Waals surface area (Å²) < 4.78 is 19.8. The summed E-state index contributed by atoms with van der Waals surface area (Å²) in [5.41, 5.74) is 2.10. The molecule has 0 bridgehead atoms. The fourth-order valence-corrected chi connectivity index (χ4v) is 12.5. The second-order valence-electron chi connectivity index (χ2n) is 17.2. The zero-order valence-electron chi connectivity index (χ0n) is 28.4. The van der Waals surface area contributed by atoms with Gasteiger partial charge < -0.3 is 19.1 Å². The SMILES string of the molecule is C[C@H]1CC[C@@]2(OC1)O[C@H]1C[C@H]3[C@@H]4CC[C@@H]5C[C@@H](OC(=O)N6CCN(Cc7ccccc7)CC6)CC[C@]5(C)[C@H]4CC[C@]3(C)[C@H]1[C@@H]2C. The molecule has 7 fully saturated rings. The van der Waals surface area contributed by atoms with Crippen molar-refractivity contribution in [2.24, 2.45) is 52.3 Å². The van der Waals surface area contributed by atoms with Crippen molar-refractivity contribution in [3.63, 3.8) is 0 Å². The number of rotatable bonds is 3. The van der Waals surface area contributed by atoms with E-state index in [1.165, 1.54) is 50.5 Å². The molecule has 4 saturated carbocycles. The van der Waals surface area contributed by atoms with Crippen LogP contribution in [0.15, 0.2) is 30.3 Å². The van der Waals surface area contributed by atoms with Gasteiger partial charge in [0.2, 0.25) is 0 Å². The van der Waals surface area contributed by atoms with E-state index in [1.807, 2.05) is 4.90 Å². The predicted molar refractivity (Wildman–Crippen MR) is 175 cm³/mol. The molecule has 1 aromatic rings. The van der Waals surface area contributed by atoms with Gasteiger partial charge in [0.15, 0.2) is 5.79 Å². The van der Waals surface area contributed by atoms with Gasteiger partial charge in [0.1, 0.15) is 6.10 Å². The van der Waals surface area contributed by atoms with Crippen LogP contribution < -0.4 is 0 Å². The summed E-state index contributed by atoms with van der Waals surface area (Å²) in [6, 6.07) is 10.6. The summed E-state index contributed by atoms with van der Waals surface area (Å²) >= 11 is 0. The molecule has 0 unspecified atom stereocenters. The third-order valence-corrected chi connectivity index (χ3v) is 15.0. The first kappa shape index (κ1) is 30.7. The van der Waals surface area contributed by atoms with Crippen LogP contribution >= 0.6 is 0 Å². The van der Waals surface area contributed by atoms with Crippen LogP contribution in [0.3, 0.4) is 0 Å². The maximum atomic E-state index is 13.3. The van der Waals surface area contributed by atoms with E-state index in [1.54, 1.807) is 0 Å². The van der Waals surface area contributed by atoms with E-state index in [9.17, 15) is 4.79 Å². The van der Waals surface area contributed by atoms with Crippen LogP contribution in [0.25, 0.3) is 0 Å². The van der Waals surface area contributed by atoms with Gasteiger partial charge in [0.25, 0.3) is 0 Å². The molecule has 0 aromatic heterocycles. The maximum Gasteiger partial charge on any atom is 0.410 e. The maximum absolute atomic E-state index is 13.3. The van der Waals surface area contributed by atoms with Crippen LogP contribution in [0.5, 0.6) is 0 Å². The number of nitrogens with zero attached hydrogens (tertiary/aromatic N) is 2. The van der Waals surface area contributed by atoms with E-state index in [2.05, 4.69) is 62.9 Å². The quantitative estimate of drug-likeness (QED) is 0.347. The van der Waals surface area contributed by atoms with Gasteiger partial charge in [-0.15, -0.1) is 0 Å². The van der Waals surface area contributed by atoms with Crippen molar-refractivity contribution in [3.05, 3.63) is 35.9 Å². The molecule has 248 valence electrons. The first-order chi connectivity index (χ1) is 21.7. The predicted octanol–water partition coefficient (Wildman–Crippen LogP) is 7.76. The molecule has 1 amide bonds. The lowest BCUT2D eigenvalue weighted by atomic mass is 9.44. The van der Waals surface area contributed by atoms with E-state index < -0.39 is 0 Å². The number of hydrogen-bond acceptors (Lipinski definition) is 5. The smallest absolute Gasteiger partial charge is 0.410 e. The van der Waals surface area contributed by atoms with E-state index in [4.69, 9.17) is 14.2 Å². The highest BCUT2D eigenvalue weighted by molar-refractivity contribution is 5.68. The Labute approximate surface area is 271 Å². The van der Waals surface area contributed by atoms with Crippen molar-refractivity contribution in [1.29, 1.82) is 0 Å². The number of carbonyl (C=O) groups is 1. The minimum atomic E-state index is -0.318. The second kappa shape index (κ2) is 11.5. The molecule has 1 spiro atoms. The van der Waals surface area contributed by atoms with Gasteiger partial charge >= 0.3 is 6.09 Å². The normalized spacial score (nSPS) is 47.9. The zero-order chi connectivity index (χ0) is 31.0. The second-order valence-corrected chi connectivity index (χ2v) is 17.2. The number of fused-ring (bicyclic) bond motifs is 7. The van der Waals surface area contributed by atoms with Crippen LogP contribution in [0.4, 0.5) is 4.79 Å². The molecule has 4 aliphatic carbocycles. The van der Waals surface area contributed by atoms with Gasteiger partial charge in [-0.1, -0.05) is 58.0 Å². The third-order valence-electron chi connectivity index (χ3n) is 15.0. The van der Waals surface area contributed by atoms with Crippen molar-refractivity contribution in [3.8, 4) is 0 Å². The Hall–Kier alpha value is -1.63. The largest absolute Gasteiger partial charge is 0.446 e. The molecule has 0 radical (unpaired) electrons. The highest BCUT2D eigenvalue weighted by Crippen LogP contribution is 2.71. The number of amides is 1. The molecule has 8 rings (SSSR count). The Morgan fingerprint density at radius 2 is 1.67 bits per heavy atom. The Morgan fingerprint density at radius 1 is 0.889 bits per heavy atom. The van der Waals surface area contributed by atoms with Crippen LogP contribution in [0.2, 0.25) is 0 Å². The van der Waals surface area contributed by atoms with Gasteiger partial charge in [0, 0.05) is 45.1 Å². The van der Waals surface area contributed by atoms with E-state index in [-0.39, 0.29) is 18.0 Å². The Bertz CT molecular complexity index is 1220. The van der Waals surface area contributed by atoms with Crippen LogP contribution in [0.1, 0.15) is 97.5 Å². The average molecular weight is 619 g/mol. The molecule has 1 aromatic carbocycles. The molecule has 7 aliphatic rings. The lowest BCUT2D eigenvalue weighted by molar-refractivity contribution is -0.273. The van der Waals surface area contributed by atoms with E-state index in [0.717, 1.165) is 76.3 Å². The van der Waals surface area contributed by atoms with Crippen LogP contribution in [0, 0.1) is 52.3 Å². The minimum absolute atomic E-state index is 0.0779. The minimum Gasteiger partial charge on any atom is -0.446 e. The number of benzene rings is 1. The third kappa shape index (κ3) is 5.10. The van der Waals surface area contributed by atoms with Gasteiger partial charge in [-0.25, -0.2) is 4.79 Å². The highest BCUT2D eigenvalue weighted by Gasteiger charge is 2.69. The summed E-state index contributed by atoms with van der Waals surface area (Å²) in [5, 5.41) is 0. The molecular weight excluding hydrogens is 560 g/mol. The van der Waals surface area contributed by atoms with Gasteiger partial charge in [-0.05, 0) is 110 Å². The molecule has 45 heavy (non-hydrogen) atoms. The highest BCUT2D eigenvalue weighted by atomic mass is 16.7. The van der Waals surface area contributed by atoms with Gasteiger partial charge in [-0.3, -0.25) is 4.90 Å². The van der Waals surface area contributed by atoms with E-state index in [0.29, 0.717) is 40.6 Å². The van der Waals surface area contributed by atoms with Crippen molar-refractivity contribution >= 4 is 6.09 Å². The summed E-state index contributed by atoms with van der Waals surface area (Å²) in [6.07, 6.45) is 12.6. The number of ether oxygens (including phenoxy) is 3. The molecule has 3 heterocycles. The number of hydrogen-bond donors (Lipinski definition) is 0. The standard InChI is InChI=1S/C39H58N2O4/c1-26-12-17-39(43-25-26)27(2)35-34(45-39)23-33-31-11-10-29-22-30(13-15-37(29,3)32(31)14-16-38(33,35)4)44-36(42)41-20-18-40(19-21-41)24-28-8-6-5-7-9-28/h5-9,26-27,29-35H,10-25H2,1-4H3/t26-,27-,29+,30-,31+,32-,33-,34-,35-,37-,38-,39+/m0/s1. The molecule has 6 nitrogen and oxygen atoms in total. The summed E-state index contributed by atoms with van der Waals surface area (Å²) in [7, 11) is 0. The van der Waals surface area contributed by atoms with Crippen LogP contribution in [-0.4, -0.2) is 66.7 Å². The molecule has 3 aliphatic heterocycles. The summed E-state index contributed by atoms with van der Waals surface area (Å²) in [4.78, 5) is 17.7. The molecule has 0 N–H and O–H groups in total. The fraction of sp³-hybridized carbons (Fsp3) is 0.821. The summed E-state index contributed by atoms with van der Waals surface area (Å²) in [5.74, 6) is 4.54. The van der Waals surface area contributed by atoms with Crippen molar-refractivity contribution in [1.82, 2.24) is 9.80 Å². The first-order valence-electron chi connectivity index (χ1n) is 18.7. The van der Waals surface area contributed by atoms with Crippen LogP contribution in [-0.2, 0) is 20.8 Å². The Morgan fingerprint density at radius 3 is 2.42 bits per heavy atom. The Balaban J connectivity index is 0.869. The Kier molecular flexibility index (Phi) is 7.85. The molecular formula is C39H58N2O4. The molecule has 3 saturated heterocycles. The summed E-state index contributed by atoms with van der Waals surface area (Å²) in [6.45, 7) is 15.2. The molecule has 12 atom stereocenters. The van der Waals surface area contributed by atoms with Gasteiger partial charge in [-0.2, -0.15) is 0 Å². The zero-order valence-corrected chi connectivity index (χ0v) is 28.4. The van der Waals surface area contributed by atoms with E-state index >= 15 is 0 Å². The topological polar surface area (TPSA) is 51.2 Å². The first-order valence-corrected chi connectivity index (χ1v) is 18.7. The number of piperazine rings is 1. The van der Waals surface area contributed by atoms with Gasteiger partial charge in [0.05, 0.1) is 12.7 Å². The fourth-order valence-electron chi connectivity index (χ4n) is 12.5. The molecule has 6 heteroatoms. The number of carbonyl (C=O) groups excluding carboxylic acids is 1. The lowest BCUT2D eigenvalue weighted by Gasteiger charge is -2.61. The average Bonchev–Trinajstić information content (AvgIpc) is 3.49. The van der Waals surface area contributed by atoms with Crippen molar-refractivity contribution in [2.45, 2.75) is 116 Å². The monoisotopic (exact) mass is 618 g/mol. The van der Waals surface area contributed by atoms with Crippen molar-refractivity contribution in [2.75, 3.05) is 32.8 Å².